The zero-order valence-corrected chi connectivity index (χ0v) is 16.5. The maximum atomic E-state index is 12.3. The van der Waals surface area contributed by atoms with Crippen molar-refractivity contribution in [1.29, 1.82) is 0 Å². The molecule has 0 aliphatic rings. The number of benzene rings is 2. The average Bonchev–Trinajstić information content (AvgIpc) is 2.63. The van der Waals surface area contributed by atoms with Crippen molar-refractivity contribution in [2.45, 2.75) is 40.5 Å². The first-order chi connectivity index (χ1) is 13.3. The van der Waals surface area contributed by atoms with Gasteiger partial charge in [-0.15, -0.1) is 9.78 Å². The van der Waals surface area contributed by atoms with Crippen molar-refractivity contribution in [2.75, 3.05) is 0 Å². The lowest BCUT2D eigenvalue weighted by Gasteiger charge is -2.14. The lowest BCUT2D eigenvalue weighted by atomic mass is 10.0. The molecule has 0 bridgehead atoms. The summed E-state index contributed by atoms with van der Waals surface area (Å²) in [7, 11) is 0. The van der Waals surface area contributed by atoms with E-state index in [1.54, 1.807) is 52.0 Å². The lowest BCUT2D eigenvalue weighted by molar-refractivity contribution is -0.363. The molecule has 0 spiro atoms. The molecule has 148 valence electrons. The fraction of sp³-hybridized carbons (Fsp3) is 0.273. The van der Waals surface area contributed by atoms with E-state index in [1.165, 1.54) is 0 Å². The molecule has 0 aromatic heterocycles. The minimum absolute atomic E-state index is 0.172. The summed E-state index contributed by atoms with van der Waals surface area (Å²) in [5.74, 6) is -1.33. The Morgan fingerprint density at radius 2 is 1.07 bits per heavy atom. The minimum Gasteiger partial charge on any atom is -0.289 e. The average molecular weight is 384 g/mol. The quantitative estimate of drug-likeness (QED) is 0.476. The van der Waals surface area contributed by atoms with E-state index in [9.17, 15) is 9.59 Å². The molecule has 0 unspecified atom stereocenters. The summed E-state index contributed by atoms with van der Waals surface area (Å²) in [6.45, 7) is 10.9. The van der Waals surface area contributed by atoms with Crippen LogP contribution in [-0.4, -0.2) is 11.9 Å². The van der Waals surface area contributed by atoms with Crippen LogP contribution in [0, 0.1) is 40.9 Å². The van der Waals surface area contributed by atoms with Crippen LogP contribution in [0.4, 0.5) is 0 Å². The Balaban J connectivity index is 1.98. The summed E-state index contributed by atoms with van der Waals surface area (Å²) >= 11 is 0. The van der Waals surface area contributed by atoms with Crippen molar-refractivity contribution in [2.24, 2.45) is 0 Å². The molecule has 28 heavy (non-hydrogen) atoms. The van der Waals surface area contributed by atoms with Crippen LogP contribution >= 0.6 is 0 Å². The zero-order chi connectivity index (χ0) is 20.7. The summed E-state index contributed by atoms with van der Waals surface area (Å²) in [6, 6.07) is 10.9. The van der Waals surface area contributed by atoms with Gasteiger partial charge in [0.2, 0.25) is 0 Å². The first kappa shape index (κ1) is 21.6. The van der Waals surface area contributed by atoms with Gasteiger partial charge >= 0.3 is 18.2 Å². The van der Waals surface area contributed by atoms with Gasteiger partial charge in [-0.3, -0.25) is 9.78 Å². The third-order valence-corrected chi connectivity index (χ3v) is 4.17. The van der Waals surface area contributed by atoms with Crippen LogP contribution < -0.4 is 0 Å². The lowest BCUT2D eigenvalue weighted by Crippen LogP contribution is -2.17. The number of rotatable bonds is 8. The van der Waals surface area contributed by atoms with E-state index in [1.807, 2.05) is 12.1 Å². The molecule has 0 N–H and O–H groups in total. The predicted molar refractivity (Wildman–Crippen MR) is 103 cm³/mol. The number of carbonyl (C=O) groups is 2. The van der Waals surface area contributed by atoms with Crippen LogP contribution in [0.2, 0.25) is 0 Å². The van der Waals surface area contributed by atoms with Crippen molar-refractivity contribution in [3.05, 3.63) is 83.0 Å². The number of carbonyl (C=O) groups excluding carboxylic acids is 2. The van der Waals surface area contributed by atoms with E-state index in [4.69, 9.17) is 19.6 Å². The summed E-state index contributed by atoms with van der Waals surface area (Å²) in [5.41, 5.74) is 3.85. The monoisotopic (exact) mass is 384 g/mol. The van der Waals surface area contributed by atoms with E-state index >= 15 is 0 Å². The van der Waals surface area contributed by atoms with Crippen molar-refractivity contribution >= 4 is 11.9 Å². The van der Waals surface area contributed by atoms with Crippen molar-refractivity contribution in [1.82, 2.24) is 0 Å². The molecule has 0 aliphatic heterocycles. The van der Waals surface area contributed by atoms with Crippen LogP contribution in [0.25, 0.3) is 0 Å². The van der Waals surface area contributed by atoms with Gasteiger partial charge in [0, 0.05) is 6.42 Å². The molecule has 0 heterocycles. The molecule has 0 saturated carbocycles. The van der Waals surface area contributed by atoms with Crippen molar-refractivity contribution in [3.8, 4) is 0 Å². The molecule has 0 saturated heterocycles. The molecule has 0 amide bonds. The van der Waals surface area contributed by atoms with Crippen LogP contribution in [-0.2, 0) is 19.6 Å². The van der Waals surface area contributed by atoms with Crippen LogP contribution in [0.3, 0.4) is 0 Å². The van der Waals surface area contributed by atoms with Gasteiger partial charge in [0.15, 0.2) is 0 Å². The Hall–Kier alpha value is -2.70. The Kier molecular flexibility index (Phi) is 7.72. The van der Waals surface area contributed by atoms with Gasteiger partial charge in [0.05, 0.1) is 11.1 Å². The molecule has 0 aliphatic carbocycles. The Morgan fingerprint density at radius 1 is 0.714 bits per heavy atom. The van der Waals surface area contributed by atoms with E-state index in [-0.39, 0.29) is 12.7 Å². The summed E-state index contributed by atoms with van der Waals surface area (Å²) in [5, 5.41) is 0. The molecular weight excluding hydrogens is 360 g/mol. The van der Waals surface area contributed by atoms with Crippen LogP contribution in [0.1, 0.15) is 55.8 Å². The maximum Gasteiger partial charge on any atom is 0.373 e. The third-order valence-electron chi connectivity index (χ3n) is 4.17. The second kappa shape index (κ2) is 10.0. The second-order valence-electron chi connectivity index (χ2n) is 6.42. The highest BCUT2D eigenvalue weighted by atomic mass is 17.3. The maximum absolute atomic E-state index is 12.3. The molecule has 2 aromatic rings. The number of hydrogen-bond acceptors (Lipinski definition) is 6. The predicted octanol–water partition coefficient (Wildman–Crippen LogP) is 4.90. The molecule has 2 aromatic carbocycles. The molecule has 0 fully saturated rings. The fourth-order valence-corrected chi connectivity index (χ4v) is 2.77. The molecule has 2 radical (unpaired) electrons. The standard InChI is InChI=1S/C22H24O6/c1-6-9-18(25-27-21(23)19-14(2)10-7-11-15(19)3)26-28-22(24)20-16(4)12-8-13-17(20)5/h7-8,10-13H,1,6,9H2,2-5H3. The van der Waals surface area contributed by atoms with Gasteiger partial charge in [-0.25, -0.2) is 9.59 Å². The van der Waals surface area contributed by atoms with Gasteiger partial charge in [-0.1, -0.05) is 43.3 Å². The normalized spacial score (nSPS) is 10.8. The van der Waals surface area contributed by atoms with Gasteiger partial charge in [-0.05, 0) is 56.4 Å². The minimum atomic E-state index is -0.665. The van der Waals surface area contributed by atoms with Crippen molar-refractivity contribution in [3.63, 3.8) is 0 Å². The molecule has 0 atom stereocenters. The smallest absolute Gasteiger partial charge is 0.289 e. The molecule has 6 heteroatoms. The Labute approximate surface area is 165 Å². The highest BCUT2D eigenvalue weighted by Gasteiger charge is 2.23. The first-order valence-corrected chi connectivity index (χ1v) is 8.90. The second-order valence-corrected chi connectivity index (χ2v) is 6.42. The van der Waals surface area contributed by atoms with Gasteiger partial charge in [-0.2, -0.15) is 0 Å². The van der Waals surface area contributed by atoms with Gasteiger partial charge in [0.1, 0.15) is 0 Å². The highest BCUT2D eigenvalue weighted by Crippen LogP contribution is 2.20. The third kappa shape index (κ3) is 5.41. The largest absolute Gasteiger partial charge is 0.373 e. The van der Waals surface area contributed by atoms with Crippen LogP contribution in [0.5, 0.6) is 0 Å². The number of aryl methyl sites for hydroxylation is 4. The van der Waals surface area contributed by atoms with Gasteiger partial charge in [0.25, 0.3) is 0 Å². The van der Waals surface area contributed by atoms with E-state index in [0.717, 1.165) is 22.3 Å². The SMILES string of the molecule is [CH2]CC[C](OOC(=O)c1c(C)cccc1C)OOC(=O)c1c(C)cccc1C. The first-order valence-electron chi connectivity index (χ1n) is 8.90. The van der Waals surface area contributed by atoms with E-state index in [2.05, 4.69) is 6.92 Å². The zero-order valence-electron chi connectivity index (χ0n) is 16.5. The molecular formula is C22H24O6. The molecule has 2 rings (SSSR count). The summed E-state index contributed by atoms with van der Waals surface area (Å²) in [4.78, 5) is 44.3. The van der Waals surface area contributed by atoms with E-state index in [0.29, 0.717) is 17.5 Å². The van der Waals surface area contributed by atoms with Gasteiger partial charge < -0.3 is 0 Å². The summed E-state index contributed by atoms with van der Waals surface area (Å²) in [6.07, 6.45) is 0.395. The Bertz CT molecular complexity index is 735. The Morgan fingerprint density at radius 3 is 1.39 bits per heavy atom. The molecule has 6 nitrogen and oxygen atoms in total. The topological polar surface area (TPSA) is 71.1 Å². The summed E-state index contributed by atoms with van der Waals surface area (Å²) < 4.78 is 0. The number of hydrogen-bond donors (Lipinski definition) is 0. The highest BCUT2D eigenvalue weighted by molar-refractivity contribution is 5.92. The fourth-order valence-electron chi connectivity index (χ4n) is 2.77. The van der Waals surface area contributed by atoms with E-state index < -0.39 is 11.9 Å². The van der Waals surface area contributed by atoms with Crippen molar-refractivity contribution < 1.29 is 29.1 Å². The van der Waals surface area contributed by atoms with Crippen LogP contribution in [0.15, 0.2) is 36.4 Å².